The number of nitrogens with zero attached hydrogens (tertiary/aromatic N) is 2. The van der Waals surface area contributed by atoms with Gasteiger partial charge in [0, 0.05) is 13.1 Å². The minimum atomic E-state index is -0.00699. The molecular weight excluding hydrogens is 206 g/mol. The van der Waals surface area contributed by atoms with Crippen molar-refractivity contribution in [2.75, 3.05) is 12.0 Å². The Morgan fingerprint density at radius 3 is 2.92 bits per heavy atom. The number of aryl methyl sites for hydroxylation is 1. The second kappa shape index (κ2) is 4.88. The topological polar surface area (TPSA) is 43.8 Å². The first-order chi connectivity index (χ1) is 6.16. The molecule has 1 rings (SSSR count). The molecule has 0 saturated heterocycles. The molecule has 1 heterocycles. The van der Waals surface area contributed by atoms with Crippen LogP contribution in [0.3, 0.4) is 0 Å². The molecule has 1 aromatic heterocycles. The first-order valence-electron chi connectivity index (χ1n) is 4.08. The molecule has 0 saturated carbocycles. The van der Waals surface area contributed by atoms with Gasteiger partial charge in [-0.15, -0.1) is 0 Å². The minimum absolute atomic E-state index is 0.00699. The number of halogens is 1. The van der Waals surface area contributed by atoms with Crippen LogP contribution in [-0.2, 0) is 7.05 Å². The van der Waals surface area contributed by atoms with Gasteiger partial charge in [-0.05, 0) is 18.4 Å². The smallest absolute Gasteiger partial charge is 0.0833 e. The number of hydrogen-bond donors (Lipinski definition) is 1. The van der Waals surface area contributed by atoms with Gasteiger partial charge in [-0.25, -0.2) is 0 Å². The fraction of sp³-hybridized carbons (Fsp3) is 0.625. The lowest BCUT2D eigenvalue weighted by Gasteiger charge is -2.11. The summed E-state index contributed by atoms with van der Waals surface area (Å²) in [6, 6.07) is -0.00699. The standard InChI is InChI=1S/C8H14ClN3S/c1-12-8(6(9)5-11-12)7(10)3-4-13-2/h5,7H,3-4,10H2,1-2H3. The van der Waals surface area contributed by atoms with E-state index in [4.69, 9.17) is 17.3 Å². The first kappa shape index (κ1) is 10.9. The molecule has 0 aromatic carbocycles. The highest BCUT2D eigenvalue weighted by molar-refractivity contribution is 7.98. The third-order valence-corrected chi connectivity index (χ3v) is 2.86. The molecular formula is C8H14ClN3S. The summed E-state index contributed by atoms with van der Waals surface area (Å²) in [5.41, 5.74) is 6.90. The van der Waals surface area contributed by atoms with E-state index in [1.54, 1.807) is 22.6 Å². The molecule has 0 fully saturated rings. The summed E-state index contributed by atoms with van der Waals surface area (Å²) in [4.78, 5) is 0. The largest absolute Gasteiger partial charge is 0.323 e. The number of hydrogen-bond acceptors (Lipinski definition) is 3. The van der Waals surface area contributed by atoms with Crippen molar-refractivity contribution in [1.82, 2.24) is 9.78 Å². The normalized spacial score (nSPS) is 13.2. The van der Waals surface area contributed by atoms with Crippen LogP contribution >= 0.6 is 23.4 Å². The van der Waals surface area contributed by atoms with Gasteiger partial charge in [0.1, 0.15) is 0 Å². The summed E-state index contributed by atoms with van der Waals surface area (Å²) in [7, 11) is 1.86. The minimum Gasteiger partial charge on any atom is -0.323 e. The molecule has 0 amide bonds. The van der Waals surface area contributed by atoms with Crippen LogP contribution in [0.4, 0.5) is 0 Å². The molecule has 1 aromatic rings. The zero-order chi connectivity index (χ0) is 9.84. The van der Waals surface area contributed by atoms with Gasteiger partial charge in [-0.3, -0.25) is 4.68 Å². The Bertz CT molecular complexity index is 255. The monoisotopic (exact) mass is 219 g/mol. The van der Waals surface area contributed by atoms with Gasteiger partial charge < -0.3 is 5.73 Å². The average molecular weight is 220 g/mol. The lowest BCUT2D eigenvalue weighted by molar-refractivity contribution is 0.609. The maximum atomic E-state index is 5.97. The predicted octanol–water partition coefficient (Wildman–Crippen LogP) is 1.83. The number of rotatable bonds is 4. The van der Waals surface area contributed by atoms with Gasteiger partial charge in [0.2, 0.25) is 0 Å². The number of aromatic nitrogens is 2. The predicted molar refractivity (Wildman–Crippen MR) is 58.1 cm³/mol. The molecule has 0 aliphatic rings. The lowest BCUT2D eigenvalue weighted by Crippen LogP contribution is -2.15. The molecule has 3 nitrogen and oxygen atoms in total. The highest BCUT2D eigenvalue weighted by Crippen LogP contribution is 2.23. The van der Waals surface area contributed by atoms with E-state index in [1.807, 2.05) is 7.05 Å². The van der Waals surface area contributed by atoms with E-state index in [-0.39, 0.29) is 6.04 Å². The van der Waals surface area contributed by atoms with E-state index in [2.05, 4.69) is 11.4 Å². The van der Waals surface area contributed by atoms with Crippen LogP contribution in [-0.4, -0.2) is 21.8 Å². The Balaban J connectivity index is 2.69. The fourth-order valence-corrected chi connectivity index (χ4v) is 2.01. The molecule has 1 atom stereocenters. The molecule has 74 valence electrons. The molecule has 0 bridgehead atoms. The molecule has 2 N–H and O–H groups in total. The van der Waals surface area contributed by atoms with E-state index in [0.717, 1.165) is 17.9 Å². The number of thioether (sulfide) groups is 1. The summed E-state index contributed by atoms with van der Waals surface area (Å²) >= 11 is 7.73. The zero-order valence-corrected chi connectivity index (χ0v) is 9.40. The van der Waals surface area contributed by atoms with Crippen LogP contribution in [0.25, 0.3) is 0 Å². The number of nitrogens with two attached hydrogens (primary N) is 1. The maximum absolute atomic E-state index is 5.97. The van der Waals surface area contributed by atoms with Crippen molar-refractivity contribution in [3.8, 4) is 0 Å². The molecule has 0 spiro atoms. The molecule has 1 unspecified atom stereocenters. The summed E-state index contributed by atoms with van der Waals surface area (Å²) < 4.78 is 1.74. The van der Waals surface area contributed by atoms with Crippen molar-refractivity contribution in [2.24, 2.45) is 12.8 Å². The van der Waals surface area contributed by atoms with E-state index in [9.17, 15) is 0 Å². The Morgan fingerprint density at radius 2 is 2.46 bits per heavy atom. The van der Waals surface area contributed by atoms with E-state index < -0.39 is 0 Å². The zero-order valence-electron chi connectivity index (χ0n) is 7.83. The first-order valence-corrected chi connectivity index (χ1v) is 5.86. The van der Waals surface area contributed by atoms with Crippen LogP contribution in [0.15, 0.2) is 6.20 Å². The summed E-state index contributed by atoms with van der Waals surface area (Å²) in [5, 5.41) is 4.71. The molecule has 0 aliphatic carbocycles. The second-order valence-corrected chi connectivity index (χ2v) is 4.28. The Kier molecular flexibility index (Phi) is 4.09. The highest BCUT2D eigenvalue weighted by atomic mass is 35.5. The highest BCUT2D eigenvalue weighted by Gasteiger charge is 2.14. The third-order valence-electron chi connectivity index (χ3n) is 1.92. The van der Waals surface area contributed by atoms with Gasteiger partial charge in [0.25, 0.3) is 0 Å². The average Bonchev–Trinajstić information content (AvgIpc) is 2.42. The van der Waals surface area contributed by atoms with Crippen LogP contribution in [0, 0.1) is 0 Å². The van der Waals surface area contributed by atoms with Crippen LogP contribution in [0.5, 0.6) is 0 Å². The lowest BCUT2D eigenvalue weighted by atomic mass is 10.2. The van der Waals surface area contributed by atoms with Gasteiger partial charge in [0.15, 0.2) is 0 Å². The van der Waals surface area contributed by atoms with E-state index in [1.165, 1.54) is 0 Å². The summed E-state index contributed by atoms with van der Waals surface area (Å²) in [5.74, 6) is 1.04. The van der Waals surface area contributed by atoms with Crippen molar-refractivity contribution in [1.29, 1.82) is 0 Å². The Labute approximate surface area is 87.6 Å². The van der Waals surface area contributed by atoms with Crippen LogP contribution in [0.1, 0.15) is 18.2 Å². The van der Waals surface area contributed by atoms with Crippen LogP contribution < -0.4 is 5.73 Å². The van der Waals surface area contributed by atoms with Gasteiger partial charge in [0.05, 0.1) is 16.9 Å². The van der Waals surface area contributed by atoms with Crippen molar-refractivity contribution in [3.63, 3.8) is 0 Å². The SMILES string of the molecule is CSCCC(N)c1c(Cl)cnn1C. The van der Waals surface area contributed by atoms with Gasteiger partial charge >= 0.3 is 0 Å². The van der Waals surface area contributed by atoms with Crippen molar-refractivity contribution in [2.45, 2.75) is 12.5 Å². The Hall–Kier alpha value is -0.190. The van der Waals surface area contributed by atoms with Crippen molar-refractivity contribution in [3.05, 3.63) is 16.9 Å². The third kappa shape index (κ3) is 2.62. The van der Waals surface area contributed by atoms with Crippen molar-refractivity contribution >= 4 is 23.4 Å². The second-order valence-electron chi connectivity index (χ2n) is 2.89. The maximum Gasteiger partial charge on any atom is 0.0833 e. The molecule has 0 radical (unpaired) electrons. The summed E-state index contributed by atoms with van der Waals surface area (Å²) in [6.45, 7) is 0. The Morgan fingerprint density at radius 1 is 1.77 bits per heavy atom. The summed E-state index contributed by atoms with van der Waals surface area (Å²) in [6.07, 6.45) is 4.63. The quantitative estimate of drug-likeness (QED) is 0.841. The van der Waals surface area contributed by atoms with Crippen molar-refractivity contribution < 1.29 is 0 Å². The fourth-order valence-electron chi connectivity index (χ4n) is 1.22. The molecule has 5 heteroatoms. The van der Waals surface area contributed by atoms with E-state index in [0.29, 0.717) is 5.02 Å². The molecule has 0 aliphatic heterocycles. The van der Waals surface area contributed by atoms with Gasteiger partial charge in [-0.2, -0.15) is 16.9 Å². The molecule has 13 heavy (non-hydrogen) atoms. The van der Waals surface area contributed by atoms with Gasteiger partial charge in [-0.1, -0.05) is 11.6 Å². The van der Waals surface area contributed by atoms with E-state index >= 15 is 0 Å². The van der Waals surface area contributed by atoms with Crippen LogP contribution in [0.2, 0.25) is 5.02 Å².